The van der Waals surface area contributed by atoms with Gasteiger partial charge in [0.1, 0.15) is 43.7 Å². The summed E-state index contributed by atoms with van der Waals surface area (Å²) in [5.41, 5.74) is 13.7. The van der Waals surface area contributed by atoms with Crippen LogP contribution in [-0.4, -0.2) is 137 Å². The number of aromatic nitrogens is 16. The maximum atomic E-state index is 12.4. The number of hydrogen-bond acceptors (Lipinski definition) is 25. The van der Waals surface area contributed by atoms with E-state index in [0.717, 1.165) is 59.5 Å². The van der Waals surface area contributed by atoms with Crippen LogP contribution in [0.3, 0.4) is 0 Å². The van der Waals surface area contributed by atoms with E-state index in [1.54, 1.807) is 75.6 Å². The Labute approximate surface area is 694 Å². The van der Waals surface area contributed by atoms with Crippen LogP contribution in [0.15, 0.2) is 223 Å². The summed E-state index contributed by atoms with van der Waals surface area (Å²) in [5, 5.41) is 58.1. The quantitative estimate of drug-likeness (QED) is 0.0413. The minimum Gasteiger partial charge on any atom is -0.464 e. The van der Waals surface area contributed by atoms with Crippen LogP contribution < -0.4 is 0 Å². The second-order valence-corrected chi connectivity index (χ2v) is 30.2. The SMILES string of the molecule is CCOC(=O)c1cc(-c2nnc(-c3cccc(C)c3)s2)n(-c2ccccc2Cl)n1.COC(=O)c1cc(-c2nnc(-c3cccc(C)c3)o2)n(-c2ccccc2Cl)n1.COC(=O)c1cc(-c2nnc(-c3cccc(C)c3)s2)n(-c2ccccc2Cl)n1.CSCOC(=O)c1cc(-c2nnc(-c3cccc(C)c3)s2)n(-c2ccccc2Cl)n1. The molecule has 578 valence electrons. The average molecular weight is 1690 g/mol. The smallest absolute Gasteiger partial charge is 0.359 e. The summed E-state index contributed by atoms with van der Waals surface area (Å²) in [6, 6.07) is 67.4. The fraction of sp³-hybridized carbons (Fsp3) is 0.122. The highest BCUT2D eigenvalue weighted by Gasteiger charge is 2.28. The van der Waals surface area contributed by atoms with Gasteiger partial charge in [0.25, 0.3) is 5.89 Å². The van der Waals surface area contributed by atoms with Gasteiger partial charge in [-0.15, -0.1) is 52.6 Å². The molecule has 16 aromatic rings. The molecular weight excluding hydrogens is 1620 g/mol. The van der Waals surface area contributed by atoms with Crippen molar-refractivity contribution >= 4 is 116 Å². The third-order valence-corrected chi connectivity index (χ3v) is 21.2. The number of methoxy groups -OCH3 is 2. The number of rotatable bonds is 19. The van der Waals surface area contributed by atoms with Crippen molar-refractivity contribution in [2.24, 2.45) is 0 Å². The summed E-state index contributed by atoms with van der Waals surface area (Å²) in [6.45, 7) is 10.1. The number of esters is 4. The molecule has 0 unspecified atom stereocenters. The van der Waals surface area contributed by atoms with Gasteiger partial charge in [0.05, 0.1) is 63.7 Å². The third kappa shape index (κ3) is 19.0. The van der Waals surface area contributed by atoms with Gasteiger partial charge in [0, 0.05) is 46.5 Å². The molecule has 0 amide bonds. The molecule has 0 saturated carbocycles. The van der Waals surface area contributed by atoms with E-state index in [0.29, 0.717) is 86.5 Å². The highest BCUT2D eigenvalue weighted by Crippen LogP contribution is 2.39. The fourth-order valence-electron chi connectivity index (χ4n) is 11.2. The van der Waals surface area contributed by atoms with Gasteiger partial charge in [-0.2, -0.15) is 20.4 Å². The van der Waals surface area contributed by atoms with Crippen LogP contribution in [0.5, 0.6) is 0 Å². The lowest BCUT2D eigenvalue weighted by atomic mass is 10.1. The summed E-state index contributed by atoms with van der Waals surface area (Å²) in [7, 11) is 2.61. The van der Waals surface area contributed by atoms with Crippen molar-refractivity contribution < 1.29 is 42.5 Å². The van der Waals surface area contributed by atoms with E-state index in [1.807, 2.05) is 173 Å². The van der Waals surface area contributed by atoms with Crippen molar-refractivity contribution in [1.82, 2.24) is 79.9 Å². The largest absolute Gasteiger partial charge is 0.464 e. The number of hydrogen-bond donors (Lipinski definition) is 0. The number of benzene rings is 8. The van der Waals surface area contributed by atoms with Crippen LogP contribution in [0.2, 0.25) is 20.1 Å². The first-order valence-corrected chi connectivity index (χ1v) is 40.2. The lowest BCUT2D eigenvalue weighted by Gasteiger charge is -2.06. The Morgan fingerprint density at radius 1 is 0.357 bits per heavy atom. The first kappa shape index (κ1) is 80.8. The van der Waals surface area contributed by atoms with E-state index in [2.05, 4.69) is 79.4 Å². The van der Waals surface area contributed by atoms with Crippen LogP contribution >= 0.6 is 92.2 Å². The fourth-order valence-corrected chi connectivity index (χ4v) is 14.9. The number of carbonyl (C=O) groups is 4. The summed E-state index contributed by atoms with van der Waals surface area (Å²) in [6.07, 6.45) is 1.86. The number of aryl methyl sites for hydroxylation is 4. The van der Waals surface area contributed by atoms with E-state index >= 15 is 0 Å². The second kappa shape index (κ2) is 37.2. The van der Waals surface area contributed by atoms with Gasteiger partial charge in [-0.05, 0) is 120 Å². The molecule has 0 aliphatic rings. The first-order chi connectivity index (χ1) is 55.8. The van der Waals surface area contributed by atoms with E-state index in [1.165, 1.54) is 70.7 Å². The highest BCUT2D eigenvalue weighted by atomic mass is 35.5. The summed E-state index contributed by atoms with van der Waals surface area (Å²) >= 11 is 31.1. The topological polar surface area (TPSA) is 293 Å². The molecule has 16 rings (SSSR count). The van der Waals surface area contributed by atoms with Crippen molar-refractivity contribution in [3.05, 3.63) is 284 Å². The van der Waals surface area contributed by atoms with Gasteiger partial charge < -0.3 is 23.4 Å². The van der Waals surface area contributed by atoms with Crippen LogP contribution in [0.25, 0.3) is 110 Å². The Balaban J connectivity index is 0.000000134. The van der Waals surface area contributed by atoms with Crippen LogP contribution in [-0.2, 0) is 18.9 Å². The van der Waals surface area contributed by atoms with Crippen molar-refractivity contribution in [3.63, 3.8) is 0 Å². The molecule has 0 aliphatic heterocycles. The first-order valence-electron chi connectivity index (χ1n) is 34.8. The minimum absolute atomic E-state index is 0.104. The third-order valence-electron chi connectivity index (χ3n) is 16.6. The molecule has 0 atom stereocenters. The Morgan fingerprint density at radius 3 is 0.983 bits per heavy atom. The average Bonchev–Trinajstić information content (AvgIpc) is 1.65. The Hall–Kier alpha value is -12.2. The molecule has 25 nitrogen and oxygen atoms in total. The molecule has 8 aromatic heterocycles. The van der Waals surface area contributed by atoms with Gasteiger partial charge >= 0.3 is 23.9 Å². The lowest BCUT2D eigenvalue weighted by Crippen LogP contribution is -2.07. The molecule has 0 spiro atoms. The Morgan fingerprint density at radius 2 is 0.652 bits per heavy atom. The summed E-state index contributed by atoms with van der Waals surface area (Å²) in [4.78, 5) is 48.7. The Kier molecular flexibility index (Phi) is 26.1. The van der Waals surface area contributed by atoms with E-state index < -0.39 is 23.9 Å². The van der Waals surface area contributed by atoms with E-state index in [9.17, 15) is 19.2 Å². The predicted octanol–water partition coefficient (Wildman–Crippen LogP) is 19.8. The van der Waals surface area contributed by atoms with Crippen LogP contribution in [0, 0.1) is 27.7 Å². The zero-order chi connectivity index (χ0) is 80.8. The summed E-state index contributed by atoms with van der Waals surface area (Å²) < 4.78 is 32.1. The zero-order valence-corrected chi connectivity index (χ0v) is 68.5. The van der Waals surface area contributed by atoms with Gasteiger partial charge in [-0.3, -0.25) is 0 Å². The molecule has 8 aromatic carbocycles. The monoisotopic (exact) mass is 1680 g/mol. The molecule has 0 aliphatic carbocycles. The standard InChI is InChI=1S/C21H17ClN4O2S2.C21H17ClN4O2S.C20H15ClN4O3.C20H15ClN4O2S/c1-13-6-5-7-14(10-13)19-23-24-20(30-19)18-11-16(21(27)28-12-29-2)25-26(18)17-9-4-3-8-15(17)22;1-3-28-21(27)16-12-18(26(25-16)17-10-5-4-9-15(17)22)20-24-23-19(29-20)14-8-6-7-13(2)11-14;2*1-12-6-5-7-13(10-12)18-22-23-19(28-18)17-11-15(20(26)27-2)24-25(17)16-9-4-3-8-14(16)21/h3-11H,12H2,1-2H3;4-12H,3H2,1-2H3;2*3-11H,1-2H3. The highest BCUT2D eigenvalue weighted by molar-refractivity contribution is 7.98. The number of ether oxygens (including phenoxy) is 4. The maximum Gasteiger partial charge on any atom is 0.359 e. The van der Waals surface area contributed by atoms with Crippen molar-refractivity contribution in [2.75, 3.05) is 33.0 Å². The van der Waals surface area contributed by atoms with E-state index in [4.69, 9.17) is 69.8 Å². The van der Waals surface area contributed by atoms with Crippen LogP contribution in [0.4, 0.5) is 0 Å². The molecule has 0 bridgehead atoms. The number of halogens is 4. The molecule has 0 fully saturated rings. The lowest BCUT2D eigenvalue weighted by molar-refractivity contribution is 0.0516. The second-order valence-electron chi connectivity index (χ2n) is 24.8. The van der Waals surface area contributed by atoms with E-state index in [-0.39, 0.29) is 41.2 Å². The van der Waals surface area contributed by atoms with Crippen molar-refractivity contribution in [1.29, 1.82) is 0 Å². The number of thioether (sulfide) groups is 1. The van der Waals surface area contributed by atoms with Gasteiger partial charge in [-0.1, -0.05) is 218 Å². The number of nitrogens with zero attached hydrogens (tertiary/aromatic N) is 16. The summed E-state index contributed by atoms with van der Waals surface area (Å²) in [5.74, 6) is -1.28. The predicted molar refractivity (Wildman–Crippen MR) is 447 cm³/mol. The van der Waals surface area contributed by atoms with Crippen molar-refractivity contribution in [2.45, 2.75) is 34.6 Å². The molecule has 8 heterocycles. The molecule has 115 heavy (non-hydrogen) atoms. The minimum atomic E-state index is -0.578. The zero-order valence-electron chi connectivity index (χ0n) is 62.2. The van der Waals surface area contributed by atoms with Crippen molar-refractivity contribution in [3.8, 4) is 110 Å². The molecular formula is C82H64Cl4N16O9S4. The Bertz CT molecular complexity index is 6020. The molecule has 0 saturated heterocycles. The van der Waals surface area contributed by atoms with Gasteiger partial charge in [-0.25, -0.2) is 37.9 Å². The molecule has 0 radical (unpaired) electrons. The normalized spacial score (nSPS) is 10.9. The molecule has 33 heteroatoms. The number of para-hydroxylation sites is 4. The molecule has 0 N–H and O–H groups in total. The van der Waals surface area contributed by atoms with Gasteiger partial charge in [0.15, 0.2) is 37.8 Å². The number of carbonyl (C=O) groups excluding carboxylic acids is 4. The maximum absolute atomic E-state index is 12.4. The van der Waals surface area contributed by atoms with Crippen LogP contribution in [0.1, 0.15) is 71.1 Å². The van der Waals surface area contributed by atoms with Gasteiger partial charge in [0.2, 0.25) is 5.89 Å².